The van der Waals surface area contributed by atoms with Crippen molar-refractivity contribution in [3.05, 3.63) is 70.7 Å². The fourth-order valence-electron chi connectivity index (χ4n) is 2.58. The van der Waals surface area contributed by atoms with Gasteiger partial charge in [-0.05, 0) is 30.7 Å². The van der Waals surface area contributed by atoms with Crippen LogP contribution in [0.15, 0.2) is 53.9 Å². The van der Waals surface area contributed by atoms with E-state index in [2.05, 4.69) is 17.1 Å². The topological polar surface area (TPSA) is 57.7 Å². The van der Waals surface area contributed by atoms with Gasteiger partial charge in [0.05, 0.1) is 5.69 Å². The number of hydrogen-bond donors (Lipinski definition) is 0. The predicted octanol–water partition coefficient (Wildman–Crippen LogP) is 4.60. The quantitative estimate of drug-likeness (QED) is 0.479. The number of rotatable bonds is 5. The molecule has 1 aliphatic rings. The molecule has 0 atom stereocenters. The standard InChI is InChI=1S/C21H17NO4S/c1-14-2-6-16(7-3-14)21-22-17(12-27-21)11-24-20(23)9-5-15-4-8-18-19(10-15)26-13-25-18/h2-10,12H,11,13H2,1H3/b9-5+. The third-order valence-electron chi connectivity index (χ3n) is 4.02. The molecular formula is C21H17NO4S. The SMILES string of the molecule is Cc1ccc(-c2nc(COC(=O)/C=C/c3ccc4c(c3)OCO4)cs2)cc1. The Bertz CT molecular complexity index is 992. The molecule has 0 amide bonds. The fraction of sp³-hybridized carbons (Fsp3) is 0.143. The molecule has 4 rings (SSSR count). The number of nitrogens with zero attached hydrogens (tertiary/aromatic N) is 1. The van der Waals surface area contributed by atoms with Gasteiger partial charge in [-0.3, -0.25) is 0 Å². The van der Waals surface area contributed by atoms with Gasteiger partial charge in [-0.1, -0.05) is 35.9 Å². The largest absolute Gasteiger partial charge is 0.456 e. The minimum absolute atomic E-state index is 0.146. The van der Waals surface area contributed by atoms with E-state index in [4.69, 9.17) is 14.2 Å². The van der Waals surface area contributed by atoms with E-state index in [1.54, 1.807) is 6.08 Å². The third-order valence-corrected chi connectivity index (χ3v) is 4.96. The van der Waals surface area contributed by atoms with Crippen LogP contribution in [0.4, 0.5) is 0 Å². The summed E-state index contributed by atoms with van der Waals surface area (Å²) in [6, 6.07) is 13.7. The van der Waals surface area contributed by atoms with Crippen LogP contribution in [0.1, 0.15) is 16.8 Å². The lowest BCUT2D eigenvalue weighted by Crippen LogP contribution is -2.00. The van der Waals surface area contributed by atoms with Crippen molar-refractivity contribution in [2.45, 2.75) is 13.5 Å². The molecule has 2 heterocycles. The number of fused-ring (bicyclic) bond motifs is 1. The van der Waals surface area contributed by atoms with Crippen LogP contribution < -0.4 is 9.47 Å². The molecule has 0 N–H and O–H groups in total. The van der Waals surface area contributed by atoms with Crippen LogP contribution in [0.2, 0.25) is 0 Å². The maximum absolute atomic E-state index is 11.9. The van der Waals surface area contributed by atoms with Crippen LogP contribution >= 0.6 is 11.3 Å². The Kier molecular flexibility index (Phi) is 4.89. The molecule has 0 radical (unpaired) electrons. The number of aryl methyl sites for hydroxylation is 1. The summed E-state index contributed by atoms with van der Waals surface area (Å²) in [4.78, 5) is 16.5. The average Bonchev–Trinajstić information content (AvgIpc) is 3.34. The van der Waals surface area contributed by atoms with Gasteiger partial charge in [-0.15, -0.1) is 11.3 Å². The first kappa shape index (κ1) is 17.3. The van der Waals surface area contributed by atoms with Crippen LogP contribution in [0.5, 0.6) is 11.5 Å². The first-order valence-corrected chi connectivity index (χ1v) is 9.31. The molecule has 0 unspecified atom stereocenters. The summed E-state index contributed by atoms with van der Waals surface area (Å²) in [6.45, 7) is 2.42. The summed E-state index contributed by atoms with van der Waals surface area (Å²) < 4.78 is 15.9. The van der Waals surface area contributed by atoms with E-state index < -0.39 is 5.97 Å². The Hall–Kier alpha value is -3.12. The number of esters is 1. The number of benzene rings is 2. The normalized spacial score (nSPS) is 12.5. The zero-order valence-electron chi connectivity index (χ0n) is 14.7. The summed E-state index contributed by atoms with van der Waals surface area (Å²) in [5.41, 5.74) is 3.84. The summed E-state index contributed by atoms with van der Waals surface area (Å²) in [5, 5.41) is 2.82. The molecule has 1 aliphatic heterocycles. The highest BCUT2D eigenvalue weighted by atomic mass is 32.1. The van der Waals surface area contributed by atoms with E-state index in [1.165, 1.54) is 23.0 Å². The number of thiazole rings is 1. The van der Waals surface area contributed by atoms with Crippen molar-refractivity contribution in [3.8, 4) is 22.1 Å². The molecule has 2 aromatic carbocycles. The maximum Gasteiger partial charge on any atom is 0.331 e. The molecule has 0 fully saturated rings. The Morgan fingerprint density at radius 2 is 2.00 bits per heavy atom. The molecule has 0 saturated carbocycles. The smallest absolute Gasteiger partial charge is 0.331 e. The zero-order valence-corrected chi connectivity index (χ0v) is 15.5. The zero-order chi connectivity index (χ0) is 18.6. The van der Waals surface area contributed by atoms with Crippen molar-refractivity contribution >= 4 is 23.4 Å². The van der Waals surface area contributed by atoms with Gasteiger partial charge in [-0.25, -0.2) is 9.78 Å². The summed E-state index contributed by atoms with van der Waals surface area (Å²) >= 11 is 1.54. The first-order valence-electron chi connectivity index (χ1n) is 8.43. The lowest BCUT2D eigenvalue weighted by Gasteiger charge is -2.00. The first-order chi connectivity index (χ1) is 13.2. The average molecular weight is 379 g/mol. The Balaban J connectivity index is 1.33. The Morgan fingerprint density at radius 3 is 2.85 bits per heavy atom. The van der Waals surface area contributed by atoms with Gasteiger partial charge in [0.1, 0.15) is 11.6 Å². The second-order valence-corrected chi connectivity index (χ2v) is 6.92. The van der Waals surface area contributed by atoms with Crippen molar-refractivity contribution in [1.29, 1.82) is 0 Å². The van der Waals surface area contributed by atoms with E-state index in [0.717, 1.165) is 21.8 Å². The highest BCUT2D eigenvalue weighted by Gasteiger charge is 2.12. The van der Waals surface area contributed by atoms with Crippen molar-refractivity contribution < 1.29 is 19.0 Å². The highest BCUT2D eigenvalue weighted by molar-refractivity contribution is 7.13. The molecule has 3 aromatic rings. The molecule has 5 nitrogen and oxygen atoms in total. The summed E-state index contributed by atoms with van der Waals surface area (Å²) in [7, 11) is 0. The molecule has 136 valence electrons. The van der Waals surface area contributed by atoms with E-state index in [0.29, 0.717) is 11.5 Å². The van der Waals surface area contributed by atoms with E-state index in [-0.39, 0.29) is 13.4 Å². The van der Waals surface area contributed by atoms with Gasteiger partial charge >= 0.3 is 5.97 Å². The molecule has 27 heavy (non-hydrogen) atoms. The second-order valence-electron chi connectivity index (χ2n) is 6.06. The minimum Gasteiger partial charge on any atom is -0.456 e. The summed E-state index contributed by atoms with van der Waals surface area (Å²) in [5.74, 6) is 0.969. The van der Waals surface area contributed by atoms with Crippen molar-refractivity contribution in [2.75, 3.05) is 6.79 Å². The molecule has 1 aromatic heterocycles. The Morgan fingerprint density at radius 1 is 1.19 bits per heavy atom. The summed E-state index contributed by atoms with van der Waals surface area (Å²) in [6.07, 6.45) is 3.08. The second kappa shape index (κ2) is 7.63. The molecular weight excluding hydrogens is 362 g/mol. The lowest BCUT2D eigenvalue weighted by atomic mass is 10.2. The van der Waals surface area contributed by atoms with E-state index in [9.17, 15) is 4.79 Å². The number of hydrogen-bond acceptors (Lipinski definition) is 6. The van der Waals surface area contributed by atoms with E-state index >= 15 is 0 Å². The van der Waals surface area contributed by atoms with Gasteiger partial charge in [0.15, 0.2) is 11.5 Å². The van der Waals surface area contributed by atoms with Gasteiger partial charge in [0.2, 0.25) is 6.79 Å². The molecule has 0 aliphatic carbocycles. The minimum atomic E-state index is -0.419. The van der Waals surface area contributed by atoms with Crippen LogP contribution in [0, 0.1) is 6.92 Å². The number of aromatic nitrogens is 1. The number of carbonyl (C=O) groups excluding carboxylic acids is 1. The van der Waals surface area contributed by atoms with Gasteiger partial charge in [-0.2, -0.15) is 0 Å². The fourth-order valence-corrected chi connectivity index (χ4v) is 3.39. The molecule has 0 saturated heterocycles. The van der Waals surface area contributed by atoms with Gasteiger partial charge in [0.25, 0.3) is 0 Å². The van der Waals surface area contributed by atoms with Crippen molar-refractivity contribution in [1.82, 2.24) is 4.98 Å². The molecule has 0 bridgehead atoms. The number of carbonyl (C=O) groups is 1. The monoisotopic (exact) mass is 379 g/mol. The van der Waals surface area contributed by atoms with Crippen LogP contribution in [-0.2, 0) is 16.1 Å². The molecule has 6 heteroatoms. The van der Waals surface area contributed by atoms with Crippen LogP contribution in [0.25, 0.3) is 16.6 Å². The maximum atomic E-state index is 11.9. The van der Waals surface area contributed by atoms with Crippen molar-refractivity contribution in [3.63, 3.8) is 0 Å². The van der Waals surface area contributed by atoms with Gasteiger partial charge in [0, 0.05) is 17.0 Å². The van der Waals surface area contributed by atoms with Crippen LogP contribution in [-0.4, -0.2) is 17.7 Å². The van der Waals surface area contributed by atoms with Crippen molar-refractivity contribution in [2.24, 2.45) is 0 Å². The molecule has 0 spiro atoms. The lowest BCUT2D eigenvalue weighted by molar-refractivity contribution is -0.139. The van der Waals surface area contributed by atoms with Crippen LogP contribution in [0.3, 0.4) is 0 Å². The number of ether oxygens (including phenoxy) is 3. The third kappa shape index (κ3) is 4.17. The highest BCUT2D eigenvalue weighted by Crippen LogP contribution is 2.32. The van der Waals surface area contributed by atoms with Gasteiger partial charge < -0.3 is 14.2 Å². The van der Waals surface area contributed by atoms with E-state index in [1.807, 2.05) is 42.6 Å². The predicted molar refractivity (Wildman–Crippen MR) is 104 cm³/mol. The Labute approximate surface area is 160 Å².